The Balaban J connectivity index is 2.27. The Kier molecular flexibility index (Phi) is 38.5. The molecule has 0 aliphatic carbocycles. The van der Waals surface area contributed by atoms with Crippen molar-refractivity contribution >= 4 is 5.91 Å². The van der Waals surface area contributed by atoms with Gasteiger partial charge in [-0.05, 0) is 64.2 Å². The summed E-state index contributed by atoms with van der Waals surface area (Å²) in [5, 5.41) is 54.1. The molecule has 1 heterocycles. The first kappa shape index (κ1) is 56.2. The lowest BCUT2D eigenvalue weighted by molar-refractivity contribution is -0.302. The lowest BCUT2D eigenvalue weighted by atomic mass is 9.99. The average Bonchev–Trinajstić information content (AvgIpc) is 3.25. The van der Waals surface area contributed by atoms with Crippen molar-refractivity contribution in [1.82, 2.24) is 5.32 Å². The van der Waals surface area contributed by atoms with Crippen LogP contribution in [0, 0.1) is 0 Å². The number of hydrogen-bond donors (Lipinski definition) is 6. The second-order valence-electron chi connectivity index (χ2n) is 17.2. The summed E-state index contributed by atoms with van der Waals surface area (Å²) in [4.78, 5) is 12.9. The van der Waals surface area contributed by atoms with E-state index in [-0.39, 0.29) is 12.5 Å². The van der Waals surface area contributed by atoms with Crippen molar-refractivity contribution in [3.8, 4) is 0 Å². The largest absolute Gasteiger partial charge is 0.394 e. The number of aliphatic hydroxyl groups excluding tert-OH is 5. The third kappa shape index (κ3) is 31.1. The van der Waals surface area contributed by atoms with Crippen LogP contribution in [0.25, 0.3) is 0 Å². The SMILES string of the molecule is CCC/C=C\CCCCCCCC(=O)NC(COC1OC(CO)C(O)C(O)C1O)C(O)/C=C/CC/C=C/CC/C=C/CCCCCCCCCCCCCCCCCCC. The van der Waals surface area contributed by atoms with Gasteiger partial charge in [0.15, 0.2) is 6.29 Å². The zero-order valence-corrected chi connectivity index (χ0v) is 38.5. The van der Waals surface area contributed by atoms with E-state index in [2.05, 4.69) is 55.6 Å². The summed E-state index contributed by atoms with van der Waals surface area (Å²) in [6.45, 7) is 3.68. The molecule has 1 fully saturated rings. The zero-order chi connectivity index (χ0) is 43.7. The summed E-state index contributed by atoms with van der Waals surface area (Å²) in [5.74, 6) is -0.204. The van der Waals surface area contributed by atoms with E-state index >= 15 is 0 Å². The first-order chi connectivity index (χ1) is 29.3. The molecule has 1 saturated heterocycles. The zero-order valence-electron chi connectivity index (χ0n) is 38.5. The van der Waals surface area contributed by atoms with Crippen molar-refractivity contribution in [2.75, 3.05) is 13.2 Å². The van der Waals surface area contributed by atoms with Gasteiger partial charge in [-0.3, -0.25) is 4.79 Å². The van der Waals surface area contributed by atoms with E-state index in [0.29, 0.717) is 6.42 Å². The van der Waals surface area contributed by atoms with E-state index < -0.39 is 49.5 Å². The van der Waals surface area contributed by atoms with E-state index in [4.69, 9.17) is 9.47 Å². The van der Waals surface area contributed by atoms with Crippen LogP contribution < -0.4 is 5.32 Å². The number of hydrogen-bond acceptors (Lipinski definition) is 8. The molecule has 6 N–H and O–H groups in total. The second kappa shape index (κ2) is 41.2. The van der Waals surface area contributed by atoms with Crippen LogP contribution in [0.15, 0.2) is 48.6 Å². The Morgan fingerprint density at radius 2 is 0.983 bits per heavy atom. The minimum absolute atomic E-state index is 0.204. The number of aliphatic hydroxyl groups is 5. The Hall–Kier alpha value is -1.85. The molecule has 1 aliphatic rings. The highest BCUT2D eigenvalue weighted by Gasteiger charge is 2.44. The van der Waals surface area contributed by atoms with E-state index in [9.17, 15) is 30.3 Å². The van der Waals surface area contributed by atoms with Gasteiger partial charge in [0.25, 0.3) is 0 Å². The van der Waals surface area contributed by atoms with Crippen LogP contribution in [-0.4, -0.2) is 87.5 Å². The Labute approximate surface area is 367 Å². The molecule has 1 amide bonds. The minimum atomic E-state index is -1.58. The molecule has 1 rings (SSSR count). The smallest absolute Gasteiger partial charge is 0.220 e. The first-order valence-corrected chi connectivity index (χ1v) is 24.9. The van der Waals surface area contributed by atoms with Crippen LogP contribution in [0.2, 0.25) is 0 Å². The molecule has 9 heteroatoms. The molecule has 0 aromatic carbocycles. The van der Waals surface area contributed by atoms with Gasteiger partial charge in [0.05, 0.1) is 25.4 Å². The van der Waals surface area contributed by atoms with Crippen LogP contribution in [0.5, 0.6) is 0 Å². The number of carbonyl (C=O) groups is 1. The number of amides is 1. The molecule has 0 saturated carbocycles. The minimum Gasteiger partial charge on any atom is -0.394 e. The monoisotopic (exact) mass is 848 g/mol. The Morgan fingerprint density at radius 3 is 1.47 bits per heavy atom. The summed E-state index contributed by atoms with van der Waals surface area (Å²) in [6.07, 6.45) is 46.2. The maximum Gasteiger partial charge on any atom is 0.220 e. The summed E-state index contributed by atoms with van der Waals surface area (Å²) >= 11 is 0. The van der Waals surface area contributed by atoms with E-state index in [1.54, 1.807) is 6.08 Å². The molecule has 7 atom stereocenters. The van der Waals surface area contributed by atoms with Crippen molar-refractivity contribution in [2.24, 2.45) is 0 Å². The number of nitrogens with one attached hydrogen (secondary N) is 1. The highest BCUT2D eigenvalue weighted by molar-refractivity contribution is 5.76. The Bertz CT molecular complexity index is 1080. The standard InChI is InChI=1S/C51H93NO8/c1-3-5-7-9-11-13-15-16-17-18-19-20-21-22-23-24-25-26-27-28-29-30-31-32-34-36-38-40-45(54)44(43-59-51-50(58)49(57)48(56)46(42-53)60-51)52-47(55)41-39-37-35-33-14-12-10-8-6-4-2/h8,10,27-28,31-32,38,40,44-46,48-51,53-54,56-58H,3-7,9,11-26,29-30,33-37,39,41-43H2,1-2H3,(H,52,55)/b10-8-,28-27+,32-31+,40-38+. The average molecular weight is 848 g/mol. The van der Waals surface area contributed by atoms with Crippen molar-refractivity contribution in [2.45, 2.75) is 256 Å². The molecule has 1 aliphatic heterocycles. The number of rotatable bonds is 41. The fourth-order valence-electron chi connectivity index (χ4n) is 7.60. The maximum absolute atomic E-state index is 12.9. The van der Waals surface area contributed by atoms with Crippen LogP contribution in [0.1, 0.15) is 213 Å². The Morgan fingerprint density at radius 1 is 0.550 bits per heavy atom. The van der Waals surface area contributed by atoms with Gasteiger partial charge in [-0.1, -0.05) is 191 Å². The topological polar surface area (TPSA) is 149 Å². The lowest BCUT2D eigenvalue weighted by Gasteiger charge is -2.40. The van der Waals surface area contributed by atoms with Crippen LogP contribution in [0.3, 0.4) is 0 Å². The number of allylic oxidation sites excluding steroid dienone is 7. The molecule has 0 radical (unpaired) electrons. The van der Waals surface area contributed by atoms with Gasteiger partial charge >= 0.3 is 0 Å². The van der Waals surface area contributed by atoms with E-state index in [0.717, 1.165) is 70.6 Å². The molecule has 350 valence electrons. The van der Waals surface area contributed by atoms with Gasteiger partial charge in [0.1, 0.15) is 24.4 Å². The van der Waals surface area contributed by atoms with Gasteiger partial charge < -0.3 is 40.3 Å². The predicted molar refractivity (Wildman–Crippen MR) is 249 cm³/mol. The summed E-state index contributed by atoms with van der Waals surface area (Å²) in [5.41, 5.74) is 0. The molecular weight excluding hydrogens is 755 g/mol. The van der Waals surface area contributed by atoms with Gasteiger partial charge in [0.2, 0.25) is 5.91 Å². The molecule has 9 nitrogen and oxygen atoms in total. The summed E-state index contributed by atoms with van der Waals surface area (Å²) in [7, 11) is 0. The van der Waals surface area contributed by atoms with Crippen molar-refractivity contribution in [1.29, 1.82) is 0 Å². The molecular formula is C51H93NO8. The van der Waals surface area contributed by atoms with Crippen molar-refractivity contribution in [3.63, 3.8) is 0 Å². The highest BCUT2D eigenvalue weighted by atomic mass is 16.7. The summed E-state index contributed by atoms with van der Waals surface area (Å²) < 4.78 is 11.2. The normalized spacial score (nSPS) is 20.9. The van der Waals surface area contributed by atoms with E-state index in [1.165, 1.54) is 122 Å². The van der Waals surface area contributed by atoms with Crippen LogP contribution >= 0.6 is 0 Å². The van der Waals surface area contributed by atoms with Crippen molar-refractivity contribution in [3.05, 3.63) is 48.6 Å². The number of unbranched alkanes of at least 4 members (excludes halogenated alkanes) is 25. The predicted octanol–water partition coefficient (Wildman–Crippen LogP) is 11.0. The highest BCUT2D eigenvalue weighted by Crippen LogP contribution is 2.22. The van der Waals surface area contributed by atoms with Gasteiger partial charge in [-0.25, -0.2) is 0 Å². The fraction of sp³-hybridized carbons (Fsp3) is 0.824. The number of carbonyl (C=O) groups excluding carboxylic acids is 1. The van der Waals surface area contributed by atoms with Gasteiger partial charge in [-0.15, -0.1) is 0 Å². The molecule has 60 heavy (non-hydrogen) atoms. The fourth-order valence-corrected chi connectivity index (χ4v) is 7.60. The third-order valence-corrected chi connectivity index (χ3v) is 11.6. The molecule has 0 aromatic heterocycles. The van der Waals surface area contributed by atoms with Gasteiger partial charge in [0, 0.05) is 6.42 Å². The summed E-state index contributed by atoms with van der Waals surface area (Å²) in [6, 6.07) is -0.831. The second-order valence-corrected chi connectivity index (χ2v) is 17.2. The van der Waals surface area contributed by atoms with Gasteiger partial charge in [-0.2, -0.15) is 0 Å². The number of ether oxygens (including phenoxy) is 2. The maximum atomic E-state index is 12.9. The lowest BCUT2D eigenvalue weighted by Crippen LogP contribution is -2.60. The van der Waals surface area contributed by atoms with Crippen LogP contribution in [0.4, 0.5) is 0 Å². The molecule has 0 bridgehead atoms. The quantitative estimate of drug-likeness (QED) is 0.0263. The first-order valence-electron chi connectivity index (χ1n) is 24.9. The van der Waals surface area contributed by atoms with Crippen LogP contribution in [-0.2, 0) is 14.3 Å². The molecule has 0 aromatic rings. The molecule has 7 unspecified atom stereocenters. The molecule has 0 spiro atoms. The van der Waals surface area contributed by atoms with E-state index in [1.807, 2.05) is 6.08 Å². The third-order valence-electron chi connectivity index (χ3n) is 11.6. The van der Waals surface area contributed by atoms with Crippen molar-refractivity contribution < 1.29 is 39.8 Å².